The summed E-state index contributed by atoms with van der Waals surface area (Å²) in [5.74, 6) is 0.662. The van der Waals surface area contributed by atoms with Crippen molar-refractivity contribution in [2.75, 3.05) is 18.5 Å². The van der Waals surface area contributed by atoms with Gasteiger partial charge < -0.3 is 10.0 Å². The summed E-state index contributed by atoms with van der Waals surface area (Å²) >= 11 is 0. The highest BCUT2D eigenvalue weighted by molar-refractivity contribution is 5.31. The van der Waals surface area contributed by atoms with Crippen molar-refractivity contribution in [2.24, 2.45) is 0 Å². The summed E-state index contributed by atoms with van der Waals surface area (Å²) < 4.78 is 0. The summed E-state index contributed by atoms with van der Waals surface area (Å²) in [4.78, 5) is 10.5. The van der Waals surface area contributed by atoms with Crippen LogP contribution in [-0.2, 0) is 0 Å². The van der Waals surface area contributed by atoms with Crippen molar-refractivity contribution in [1.29, 1.82) is 0 Å². The standard InChI is InChI=1S/C11H19N3O/c1-8-6-9(2)13-10(12-8)14(5)7-11(3,4)15/h6,15H,7H2,1-5H3. The summed E-state index contributed by atoms with van der Waals surface area (Å²) in [6.45, 7) is 7.93. The van der Waals surface area contributed by atoms with Crippen molar-refractivity contribution in [3.8, 4) is 0 Å². The van der Waals surface area contributed by atoms with Gasteiger partial charge in [0.25, 0.3) is 0 Å². The molecule has 4 heteroatoms. The molecule has 0 aromatic carbocycles. The fourth-order valence-electron chi connectivity index (χ4n) is 1.53. The van der Waals surface area contributed by atoms with Gasteiger partial charge in [-0.05, 0) is 33.8 Å². The average Bonchev–Trinajstić information content (AvgIpc) is 1.98. The lowest BCUT2D eigenvalue weighted by atomic mass is 10.1. The molecule has 0 atom stereocenters. The van der Waals surface area contributed by atoms with Crippen LogP contribution in [-0.4, -0.2) is 34.3 Å². The number of rotatable bonds is 3. The van der Waals surface area contributed by atoms with Gasteiger partial charge in [0.05, 0.1) is 5.60 Å². The highest BCUT2D eigenvalue weighted by Crippen LogP contribution is 2.11. The molecular weight excluding hydrogens is 190 g/mol. The second-order valence-electron chi connectivity index (χ2n) is 4.62. The summed E-state index contributed by atoms with van der Waals surface area (Å²) in [5.41, 5.74) is 1.15. The first-order valence-electron chi connectivity index (χ1n) is 5.04. The predicted octanol–water partition coefficient (Wildman–Crippen LogP) is 1.30. The van der Waals surface area contributed by atoms with Crippen LogP contribution >= 0.6 is 0 Å². The van der Waals surface area contributed by atoms with Gasteiger partial charge in [-0.25, -0.2) is 9.97 Å². The SMILES string of the molecule is Cc1cc(C)nc(N(C)CC(C)(C)O)n1. The first kappa shape index (κ1) is 11.9. The van der Waals surface area contributed by atoms with E-state index in [0.717, 1.165) is 11.4 Å². The average molecular weight is 209 g/mol. The van der Waals surface area contributed by atoms with Crippen molar-refractivity contribution >= 4 is 5.95 Å². The zero-order valence-corrected chi connectivity index (χ0v) is 10.1. The maximum absolute atomic E-state index is 9.69. The Kier molecular flexibility index (Phi) is 3.29. The monoisotopic (exact) mass is 209 g/mol. The molecule has 0 saturated carbocycles. The van der Waals surface area contributed by atoms with Gasteiger partial charge in [0.2, 0.25) is 5.95 Å². The lowest BCUT2D eigenvalue weighted by Gasteiger charge is -2.25. The molecule has 1 aromatic rings. The first-order chi connectivity index (χ1) is 6.78. The molecule has 1 N–H and O–H groups in total. The van der Waals surface area contributed by atoms with Crippen LogP contribution in [0.15, 0.2) is 6.07 Å². The van der Waals surface area contributed by atoms with E-state index in [1.165, 1.54) is 0 Å². The Bertz CT molecular complexity index is 324. The molecule has 1 heterocycles. The van der Waals surface area contributed by atoms with Crippen molar-refractivity contribution in [3.63, 3.8) is 0 Å². The van der Waals surface area contributed by atoms with Gasteiger partial charge in [0.15, 0.2) is 0 Å². The fourth-order valence-corrected chi connectivity index (χ4v) is 1.53. The number of aliphatic hydroxyl groups is 1. The van der Waals surface area contributed by atoms with Gasteiger partial charge in [-0.3, -0.25) is 0 Å². The van der Waals surface area contributed by atoms with Crippen LogP contribution in [0.1, 0.15) is 25.2 Å². The van der Waals surface area contributed by atoms with Crippen LogP contribution in [0.3, 0.4) is 0 Å². The molecule has 4 nitrogen and oxygen atoms in total. The summed E-state index contributed by atoms with van der Waals surface area (Å²) in [7, 11) is 1.88. The molecule has 1 aromatic heterocycles. The van der Waals surface area contributed by atoms with Gasteiger partial charge in [-0.1, -0.05) is 0 Å². The Balaban J connectivity index is 2.86. The quantitative estimate of drug-likeness (QED) is 0.815. The highest BCUT2D eigenvalue weighted by Gasteiger charge is 2.17. The Labute approximate surface area is 91.0 Å². The van der Waals surface area contributed by atoms with Crippen molar-refractivity contribution < 1.29 is 5.11 Å². The molecule has 0 unspecified atom stereocenters. The van der Waals surface area contributed by atoms with Crippen LogP contribution < -0.4 is 4.90 Å². The minimum Gasteiger partial charge on any atom is -0.389 e. The number of aromatic nitrogens is 2. The van der Waals surface area contributed by atoms with Crippen LogP contribution in [0.5, 0.6) is 0 Å². The van der Waals surface area contributed by atoms with E-state index in [0.29, 0.717) is 12.5 Å². The molecule has 1 rings (SSSR count). The van der Waals surface area contributed by atoms with E-state index in [1.807, 2.05) is 31.9 Å². The molecule has 0 radical (unpaired) electrons. The van der Waals surface area contributed by atoms with Gasteiger partial charge >= 0.3 is 0 Å². The van der Waals surface area contributed by atoms with Crippen molar-refractivity contribution in [3.05, 3.63) is 17.5 Å². The number of hydrogen-bond donors (Lipinski definition) is 1. The van der Waals surface area contributed by atoms with Gasteiger partial charge in [-0.15, -0.1) is 0 Å². The van der Waals surface area contributed by atoms with Crippen LogP contribution in [0.4, 0.5) is 5.95 Å². The topological polar surface area (TPSA) is 49.2 Å². The molecule has 0 bridgehead atoms. The largest absolute Gasteiger partial charge is 0.389 e. The zero-order chi connectivity index (χ0) is 11.6. The molecule has 0 amide bonds. The molecule has 0 aliphatic heterocycles. The Morgan fingerprint density at radius 2 is 1.73 bits per heavy atom. The third-order valence-electron chi connectivity index (χ3n) is 1.94. The fraction of sp³-hybridized carbons (Fsp3) is 0.636. The maximum Gasteiger partial charge on any atom is 0.225 e. The molecule has 0 fully saturated rings. The van der Waals surface area contributed by atoms with E-state index >= 15 is 0 Å². The third-order valence-corrected chi connectivity index (χ3v) is 1.94. The third kappa shape index (κ3) is 3.83. The summed E-state index contributed by atoms with van der Waals surface area (Å²) in [5, 5.41) is 9.69. The van der Waals surface area contributed by atoms with Gasteiger partial charge in [0, 0.05) is 25.0 Å². The molecule has 0 aliphatic carbocycles. The van der Waals surface area contributed by atoms with Crippen LogP contribution in [0, 0.1) is 13.8 Å². The molecule has 0 spiro atoms. The minimum absolute atomic E-state index is 0.510. The Morgan fingerprint density at radius 3 is 2.13 bits per heavy atom. The summed E-state index contributed by atoms with van der Waals surface area (Å²) in [6, 6.07) is 1.93. The Morgan fingerprint density at radius 1 is 1.27 bits per heavy atom. The predicted molar refractivity (Wildman–Crippen MR) is 61.1 cm³/mol. The number of hydrogen-bond acceptors (Lipinski definition) is 4. The second-order valence-corrected chi connectivity index (χ2v) is 4.62. The van der Waals surface area contributed by atoms with E-state index in [4.69, 9.17) is 0 Å². The van der Waals surface area contributed by atoms with E-state index in [2.05, 4.69) is 9.97 Å². The van der Waals surface area contributed by atoms with Gasteiger partial charge in [-0.2, -0.15) is 0 Å². The smallest absolute Gasteiger partial charge is 0.225 e. The summed E-state index contributed by atoms with van der Waals surface area (Å²) in [6.07, 6.45) is 0. The van der Waals surface area contributed by atoms with E-state index in [1.54, 1.807) is 13.8 Å². The Hall–Kier alpha value is -1.16. The highest BCUT2D eigenvalue weighted by atomic mass is 16.3. The number of nitrogens with zero attached hydrogens (tertiary/aromatic N) is 3. The van der Waals surface area contributed by atoms with E-state index in [9.17, 15) is 5.11 Å². The molecule has 84 valence electrons. The first-order valence-corrected chi connectivity index (χ1v) is 5.04. The zero-order valence-electron chi connectivity index (χ0n) is 10.1. The van der Waals surface area contributed by atoms with E-state index in [-0.39, 0.29) is 0 Å². The molecule has 15 heavy (non-hydrogen) atoms. The normalized spacial score (nSPS) is 11.6. The number of likely N-dealkylation sites (N-methyl/N-ethyl adjacent to an activating group) is 1. The van der Waals surface area contributed by atoms with Crippen LogP contribution in [0.2, 0.25) is 0 Å². The maximum atomic E-state index is 9.69. The van der Waals surface area contributed by atoms with Crippen LogP contribution in [0.25, 0.3) is 0 Å². The minimum atomic E-state index is -0.740. The van der Waals surface area contributed by atoms with Crippen molar-refractivity contribution in [2.45, 2.75) is 33.3 Å². The lowest BCUT2D eigenvalue weighted by Crippen LogP contribution is -2.37. The van der Waals surface area contributed by atoms with E-state index < -0.39 is 5.60 Å². The van der Waals surface area contributed by atoms with Crippen molar-refractivity contribution in [1.82, 2.24) is 9.97 Å². The lowest BCUT2D eigenvalue weighted by molar-refractivity contribution is 0.0882. The van der Waals surface area contributed by atoms with Gasteiger partial charge in [0.1, 0.15) is 0 Å². The number of anilines is 1. The molecular formula is C11H19N3O. The molecule has 0 saturated heterocycles. The number of aryl methyl sites for hydroxylation is 2. The molecule has 0 aliphatic rings. The second kappa shape index (κ2) is 4.14.